The van der Waals surface area contributed by atoms with Gasteiger partial charge in [-0.05, 0) is 58.9 Å². The van der Waals surface area contributed by atoms with E-state index in [2.05, 4.69) is 5.32 Å². The van der Waals surface area contributed by atoms with Gasteiger partial charge < -0.3 is 15.0 Å². The monoisotopic (exact) mass is 254 g/mol. The van der Waals surface area contributed by atoms with Gasteiger partial charge in [-0.1, -0.05) is 0 Å². The topological polar surface area (TPSA) is 41.6 Å². The van der Waals surface area contributed by atoms with Crippen molar-refractivity contribution in [3.63, 3.8) is 0 Å². The molecule has 1 aliphatic heterocycles. The molecule has 4 heteroatoms. The number of nitrogens with zero attached hydrogens (tertiary/aromatic N) is 1. The fourth-order valence-electron chi connectivity index (χ4n) is 2.34. The van der Waals surface area contributed by atoms with Crippen LogP contribution in [0.3, 0.4) is 0 Å². The number of nitrogens with one attached hydrogen (secondary N) is 1. The number of carbonyl (C=O) groups is 1. The van der Waals surface area contributed by atoms with E-state index < -0.39 is 5.60 Å². The summed E-state index contributed by atoms with van der Waals surface area (Å²) in [6.45, 7) is 8.48. The van der Waals surface area contributed by atoms with Gasteiger partial charge in [0, 0.05) is 19.1 Å². The van der Waals surface area contributed by atoms with Crippen molar-refractivity contribution in [3.8, 4) is 0 Å². The first-order valence-corrected chi connectivity index (χ1v) is 7.15. The summed E-state index contributed by atoms with van der Waals surface area (Å²) in [6, 6.07) is 0.752. The smallest absolute Gasteiger partial charge is 0.410 e. The minimum atomic E-state index is -0.393. The molecule has 1 heterocycles. The molecule has 4 nitrogen and oxygen atoms in total. The van der Waals surface area contributed by atoms with E-state index in [0.717, 1.165) is 32.1 Å². The van der Waals surface area contributed by atoms with E-state index in [1.807, 2.05) is 25.7 Å². The Morgan fingerprint density at radius 1 is 1.33 bits per heavy atom. The van der Waals surface area contributed by atoms with Gasteiger partial charge in [-0.2, -0.15) is 0 Å². The van der Waals surface area contributed by atoms with Crippen molar-refractivity contribution in [1.82, 2.24) is 10.2 Å². The molecule has 0 aromatic carbocycles. The Bertz CT molecular complexity index is 295. The molecule has 104 valence electrons. The van der Waals surface area contributed by atoms with Gasteiger partial charge >= 0.3 is 6.09 Å². The van der Waals surface area contributed by atoms with Crippen LogP contribution < -0.4 is 5.32 Å². The van der Waals surface area contributed by atoms with E-state index in [1.165, 1.54) is 19.3 Å². The van der Waals surface area contributed by atoms with Crippen molar-refractivity contribution in [2.45, 2.75) is 58.1 Å². The first-order chi connectivity index (χ1) is 8.44. The lowest BCUT2D eigenvalue weighted by atomic mass is 9.98. The third kappa shape index (κ3) is 4.48. The SMILES string of the molecule is CC(C)(C)OC(=O)N1CCC[C@@H](CNC2CC2)C1. The number of piperidine rings is 1. The molecule has 2 aliphatic rings. The summed E-state index contributed by atoms with van der Waals surface area (Å²) in [6.07, 6.45) is 4.80. The maximum atomic E-state index is 12.0. The van der Waals surface area contributed by atoms with Crippen LogP contribution >= 0.6 is 0 Å². The van der Waals surface area contributed by atoms with Crippen LogP contribution in [0.4, 0.5) is 4.79 Å². The lowest BCUT2D eigenvalue weighted by Gasteiger charge is -2.34. The van der Waals surface area contributed by atoms with Crippen molar-refractivity contribution in [2.24, 2.45) is 5.92 Å². The van der Waals surface area contributed by atoms with Crippen LogP contribution in [0, 0.1) is 5.92 Å². The van der Waals surface area contributed by atoms with Crippen LogP contribution in [0.2, 0.25) is 0 Å². The Morgan fingerprint density at radius 2 is 2.06 bits per heavy atom. The third-order valence-corrected chi connectivity index (χ3v) is 3.44. The predicted octanol–water partition coefficient (Wildman–Crippen LogP) is 2.39. The molecule has 0 aromatic rings. The summed E-state index contributed by atoms with van der Waals surface area (Å²) in [5.41, 5.74) is -0.393. The van der Waals surface area contributed by atoms with Crippen LogP contribution in [0.1, 0.15) is 46.5 Å². The molecule has 0 spiro atoms. The van der Waals surface area contributed by atoms with Gasteiger partial charge in [0.05, 0.1) is 0 Å². The maximum absolute atomic E-state index is 12.0. The highest BCUT2D eigenvalue weighted by Crippen LogP contribution is 2.22. The highest BCUT2D eigenvalue weighted by molar-refractivity contribution is 5.68. The Hall–Kier alpha value is -0.770. The van der Waals surface area contributed by atoms with Gasteiger partial charge in [-0.15, -0.1) is 0 Å². The van der Waals surface area contributed by atoms with Gasteiger partial charge in [0.2, 0.25) is 0 Å². The summed E-state index contributed by atoms with van der Waals surface area (Å²) in [5, 5.41) is 3.56. The number of amides is 1. The van der Waals surface area contributed by atoms with Crippen LogP contribution in [0.15, 0.2) is 0 Å². The predicted molar refractivity (Wildman–Crippen MR) is 71.6 cm³/mol. The standard InChI is InChI=1S/C14H26N2O2/c1-14(2,3)18-13(17)16-8-4-5-11(10-16)9-15-12-6-7-12/h11-12,15H,4-10H2,1-3H3/t11-/m0/s1. The van der Waals surface area contributed by atoms with Gasteiger partial charge in [0.15, 0.2) is 0 Å². The summed E-state index contributed by atoms with van der Waals surface area (Å²) in [5.74, 6) is 0.590. The lowest BCUT2D eigenvalue weighted by molar-refractivity contribution is 0.0166. The second-order valence-electron chi connectivity index (χ2n) is 6.62. The van der Waals surface area contributed by atoms with E-state index in [4.69, 9.17) is 4.74 Å². The molecule has 0 aromatic heterocycles. The van der Waals surface area contributed by atoms with Crippen LogP contribution in [0.25, 0.3) is 0 Å². The number of rotatable bonds is 3. The van der Waals surface area contributed by atoms with Crippen molar-refractivity contribution in [1.29, 1.82) is 0 Å². The number of likely N-dealkylation sites (tertiary alicyclic amines) is 1. The normalized spacial score (nSPS) is 25.1. The van der Waals surface area contributed by atoms with Gasteiger partial charge in [-0.3, -0.25) is 0 Å². The third-order valence-electron chi connectivity index (χ3n) is 3.44. The van der Waals surface area contributed by atoms with Crippen LogP contribution in [0.5, 0.6) is 0 Å². The zero-order valence-electron chi connectivity index (χ0n) is 11.9. The molecule has 1 aliphatic carbocycles. The van der Waals surface area contributed by atoms with Crippen molar-refractivity contribution in [3.05, 3.63) is 0 Å². The maximum Gasteiger partial charge on any atom is 0.410 e. The second-order valence-corrected chi connectivity index (χ2v) is 6.62. The largest absolute Gasteiger partial charge is 0.444 e. The quantitative estimate of drug-likeness (QED) is 0.841. The molecule has 1 amide bonds. The Labute approximate surface area is 110 Å². The molecular weight excluding hydrogens is 228 g/mol. The van der Waals surface area contributed by atoms with E-state index in [1.54, 1.807) is 0 Å². The van der Waals surface area contributed by atoms with E-state index >= 15 is 0 Å². The number of ether oxygens (including phenoxy) is 1. The molecule has 0 unspecified atom stereocenters. The lowest BCUT2D eigenvalue weighted by Crippen LogP contribution is -2.45. The molecule has 2 rings (SSSR count). The van der Waals surface area contributed by atoms with Crippen molar-refractivity contribution in [2.75, 3.05) is 19.6 Å². The molecule has 1 saturated heterocycles. The highest BCUT2D eigenvalue weighted by atomic mass is 16.6. The Morgan fingerprint density at radius 3 is 2.67 bits per heavy atom. The van der Waals surface area contributed by atoms with Crippen molar-refractivity contribution >= 4 is 6.09 Å². The Balaban J connectivity index is 1.76. The summed E-state index contributed by atoms with van der Waals surface area (Å²) < 4.78 is 5.43. The molecular formula is C14H26N2O2. The number of hydrogen-bond donors (Lipinski definition) is 1. The highest BCUT2D eigenvalue weighted by Gasteiger charge is 2.28. The molecule has 0 bridgehead atoms. The molecule has 1 atom stereocenters. The fraction of sp³-hybridized carbons (Fsp3) is 0.929. The molecule has 18 heavy (non-hydrogen) atoms. The van der Waals surface area contributed by atoms with E-state index in [-0.39, 0.29) is 6.09 Å². The Kier molecular flexibility index (Phi) is 4.15. The molecule has 1 saturated carbocycles. The first-order valence-electron chi connectivity index (χ1n) is 7.15. The van der Waals surface area contributed by atoms with Gasteiger partial charge in [0.1, 0.15) is 5.60 Å². The second kappa shape index (κ2) is 5.47. The molecule has 0 radical (unpaired) electrons. The average Bonchev–Trinajstić information content (AvgIpc) is 3.08. The van der Waals surface area contributed by atoms with E-state index in [0.29, 0.717) is 5.92 Å². The fourth-order valence-corrected chi connectivity index (χ4v) is 2.34. The minimum absolute atomic E-state index is 0.154. The van der Waals surface area contributed by atoms with Gasteiger partial charge in [-0.25, -0.2) is 4.79 Å². The molecule has 2 fully saturated rings. The van der Waals surface area contributed by atoms with E-state index in [9.17, 15) is 4.79 Å². The summed E-state index contributed by atoms with van der Waals surface area (Å²) in [4.78, 5) is 13.9. The number of carbonyl (C=O) groups excluding carboxylic acids is 1. The van der Waals surface area contributed by atoms with Crippen molar-refractivity contribution < 1.29 is 9.53 Å². The average molecular weight is 254 g/mol. The van der Waals surface area contributed by atoms with Gasteiger partial charge in [0.25, 0.3) is 0 Å². The first kappa shape index (κ1) is 13.7. The zero-order chi connectivity index (χ0) is 13.2. The van der Waals surface area contributed by atoms with Crippen LogP contribution in [-0.4, -0.2) is 42.3 Å². The minimum Gasteiger partial charge on any atom is -0.444 e. The molecule has 1 N–H and O–H groups in total. The number of hydrogen-bond acceptors (Lipinski definition) is 3. The zero-order valence-corrected chi connectivity index (χ0v) is 11.9. The summed E-state index contributed by atoms with van der Waals surface area (Å²) in [7, 11) is 0. The summed E-state index contributed by atoms with van der Waals surface area (Å²) >= 11 is 0. The van der Waals surface area contributed by atoms with Crippen LogP contribution in [-0.2, 0) is 4.74 Å².